The van der Waals surface area contributed by atoms with Gasteiger partial charge in [0.25, 0.3) is 0 Å². The number of hydrogen-bond donors (Lipinski definition) is 1. The summed E-state index contributed by atoms with van der Waals surface area (Å²) in [4.78, 5) is 2.62. The fourth-order valence-corrected chi connectivity index (χ4v) is 8.30. The molecule has 3 aliphatic carbocycles. The average molecular weight is 614 g/mol. The molecule has 3 heteroatoms. The number of dihydropyridines is 1. The number of nitrogens with one attached hydrogen (secondary N) is 1. The molecule has 4 atom stereocenters. The predicted molar refractivity (Wildman–Crippen MR) is 201 cm³/mol. The van der Waals surface area contributed by atoms with Crippen LogP contribution in [0.3, 0.4) is 0 Å². The minimum atomic E-state index is 0.0347. The fraction of sp³-hybridized carbons (Fsp3) is 0.227. The van der Waals surface area contributed by atoms with E-state index in [1.54, 1.807) is 0 Å². The second-order valence-electron chi connectivity index (χ2n) is 13.4. The first-order chi connectivity index (χ1) is 23.1. The Kier molecular flexibility index (Phi) is 7.48. The molecule has 1 aromatic heterocycles. The van der Waals surface area contributed by atoms with Crippen molar-refractivity contribution in [3.05, 3.63) is 167 Å². The van der Waals surface area contributed by atoms with E-state index < -0.39 is 0 Å². The maximum atomic E-state index is 4.28. The Bertz CT molecular complexity index is 2060. The maximum Gasteiger partial charge on any atom is 0.0698 e. The van der Waals surface area contributed by atoms with Crippen molar-refractivity contribution in [2.45, 2.75) is 52.1 Å². The van der Waals surface area contributed by atoms with Gasteiger partial charge < -0.3 is 14.8 Å². The van der Waals surface area contributed by atoms with Crippen LogP contribution in [-0.4, -0.2) is 16.7 Å². The molecule has 3 nitrogen and oxygen atoms in total. The molecule has 47 heavy (non-hydrogen) atoms. The first-order valence-corrected chi connectivity index (χ1v) is 17.2. The van der Waals surface area contributed by atoms with Gasteiger partial charge in [-0.2, -0.15) is 0 Å². The summed E-state index contributed by atoms with van der Waals surface area (Å²) in [6, 6.07) is 16.2. The number of rotatable bonds is 6. The summed E-state index contributed by atoms with van der Waals surface area (Å²) in [5.74, 6) is 0.895. The third kappa shape index (κ3) is 4.97. The number of para-hydroxylation sites is 1. The summed E-state index contributed by atoms with van der Waals surface area (Å²) < 4.78 is 2.38. The maximum absolute atomic E-state index is 4.28. The van der Waals surface area contributed by atoms with Crippen LogP contribution in [0.25, 0.3) is 28.4 Å². The van der Waals surface area contributed by atoms with Crippen molar-refractivity contribution in [1.29, 1.82) is 0 Å². The third-order valence-electron chi connectivity index (χ3n) is 10.4. The summed E-state index contributed by atoms with van der Waals surface area (Å²) in [6.07, 6.45) is 34.9. The van der Waals surface area contributed by atoms with Gasteiger partial charge in [-0.25, -0.2) is 0 Å². The monoisotopic (exact) mass is 613 g/mol. The number of allylic oxidation sites excluding steroid dienone is 11. The van der Waals surface area contributed by atoms with E-state index in [1.807, 2.05) is 6.08 Å². The summed E-state index contributed by atoms with van der Waals surface area (Å²) in [5.41, 5.74) is 14.1. The summed E-state index contributed by atoms with van der Waals surface area (Å²) >= 11 is 0. The standard InChI is InChI=1S/C44H43N3/c1-5-31(27-33(6-2)46-41-22-10-7-16-35(41)36-17-8-11-23-42(36)46)39-20-14-21-40(45-39)32-25-29(3)26-34(28-32)47-43-24-12-9-18-37(43)38-19-13-15-30(4)44(38)47/h5-7,9-14,16,18-28,30,37,39,43,45H,2,8,15,17H2,1,3-4H3/b31-5+,33-27+. The van der Waals surface area contributed by atoms with Crippen LogP contribution in [0.4, 0.5) is 5.69 Å². The van der Waals surface area contributed by atoms with Crippen LogP contribution in [0.2, 0.25) is 0 Å². The number of benzene rings is 2. The van der Waals surface area contributed by atoms with Gasteiger partial charge in [0, 0.05) is 45.7 Å². The van der Waals surface area contributed by atoms with Crippen molar-refractivity contribution in [2.75, 3.05) is 4.90 Å². The van der Waals surface area contributed by atoms with Crippen LogP contribution in [-0.2, 0) is 6.42 Å². The average Bonchev–Trinajstić information content (AvgIpc) is 3.63. The molecule has 0 saturated heterocycles. The second kappa shape index (κ2) is 12.0. The quantitative estimate of drug-likeness (QED) is 0.279. The lowest BCUT2D eigenvalue weighted by Gasteiger charge is -2.34. The number of hydrogen-bond acceptors (Lipinski definition) is 2. The fourth-order valence-electron chi connectivity index (χ4n) is 8.30. The summed E-state index contributed by atoms with van der Waals surface area (Å²) in [5, 5.41) is 5.23. The van der Waals surface area contributed by atoms with Crippen molar-refractivity contribution in [1.82, 2.24) is 9.88 Å². The molecule has 234 valence electrons. The van der Waals surface area contributed by atoms with Gasteiger partial charge in [-0.15, -0.1) is 0 Å². The van der Waals surface area contributed by atoms with E-state index in [0.29, 0.717) is 17.9 Å². The lowest BCUT2D eigenvalue weighted by atomic mass is 9.86. The van der Waals surface area contributed by atoms with Gasteiger partial charge in [0.2, 0.25) is 0 Å². The Balaban J connectivity index is 1.12. The van der Waals surface area contributed by atoms with Crippen LogP contribution in [0, 0.1) is 18.8 Å². The number of fused-ring (bicyclic) bond motifs is 5. The molecule has 5 aliphatic rings. The van der Waals surface area contributed by atoms with E-state index in [0.717, 1.165) is 30.7 Å². The minimum Gasteiger partial charge on any atom is -0.374 e. The molecular weight excluding hydrogens is 571 g/mol. The first kappa shape index (κ1) is 29.4. The predicted octanol–water partition coefficient (Wildman–Crippen LogP) is 10.2. The minimum absolute atomic E-state index is 0.0347. The SMILES string of the molecule is C=C/C(=C\C(=C/C)C1C=CC=C(c2cc(C)cc(N3C4=C(C=CCC4C)C4C=CC=CC43)c2)N1)n1c2c(c3ccccc31)CCC=C2. The molecule has 3 aromatic rings. The van der Waals surface area contributed by atoms with Crippen molar-refractivity contribution in [3.63, 3.8) is 0 Å². The molecule has 2 aliphatic heterocycles. The summed E-state index contributed by atoms with van der Waals surface area (Å²) in [6.45, 7) is 11.0. The number of aromatic nitrogens is 1. The van der Waals surface area contributed by atoms with Crippen LogP contribution in [0.1, 0.15) is 49.1 Å². The van der Waals surface area contributed by atoms with Gasteiger partial charge in [0.05, 0.1) is 17.6 Å². The molecule has 0 saturated carbocycles. The molecule has 4 unspecified atom stereocenters. The highest BCUT2D eigenvalue weighted by Gasteiger charge is 2.41. The van der Waals surface area contributed by atoms with Gasteiger partial charge in [0.15, 0.2) is 0 Å². The molecular formula is C44H43N3. The Hall–Kier alpha value is -5.02. The van der Waals surface area contributed by atoms with Gasteiger partial charge in [-0.05, 0) is 110 Å². The number of nitrogens with zero attached hydrogens (tertiary/aromatic N) is 2. The van der Waals surface area contributed by atoms with E-state index in [-0.39, 0.29) is 6.04 Å². The van der Waals surface area contributed by atoms with E-state index in [4.69, 9.17) is 0 Å². The second-order valence-corrected chi connectivity index (χ2v) is 13.4. The lowest BCUT2D eigenvalue weighted by Crippen LogP contribution is -2.34. The van der Waals surface area contributed by atoms with Crippen molar-refractivity contribution < 1.29 is 0 Å². The van der Waals surface area contributed by atoms with Crippen molar-refractivity contribution in [2.24, 2.45) is 11.8 Å². The molecule has 8 rings (SSSR count). The van der Waals surface area contributed by atoms with Gasteiger partial charge in [0.1, 0.15) is 0 Å². The number of anilines is 1. The van der Waals surface area contributed by atoms with Crippen LogP contribution in [0.15, 0.2) is 145 Å². The van der Waals surface area contributed by atoms with Gasteiger partial charge in [-0.3, -0.25) is 0 Å². The zero-order chi connectivity index (χ0) is 32.1. The number of aryl methyl sites for hydroxylation is 2. The molecule has 3 heterocycles. The molecule has 0 fully saturated rings. The van der Waals surface area contributed by atoms with Gasteiger partial charge in [-0.1, -0.05) is 92.5 Å². The molecule has 0 amide bonds. The highest BCUT2D eigenvalue weighted by Crippen LogP contribution is 2.47. The molecule has 2 aromatic carbocycles. The lowest BCUT2D eigenvalue weighted by molar-refractivity contribution is 0.637. The molecule has 1 N–H and O–H groups in total. The van der Waals surface area contributed by atoms with Crippen LogP contribution >= 0.6 is 0 Å². The highest BCUT2D eigenvalue weighted by molar-refractivity contribution is 5.93. The normalized spacial score (nSPS) is 24.7. The Morgan fingerprint density at radius 3 is 2.74 bits per heavy atom. The zero-order valence-corrected chi connectivity index (χ0v) is 27.7. The van der Waals surface area contributed by atoms with Gasteiger partial charge >= 0.3 is 0 Å². The smallest absolute Gasteiger partial charge is 0.0698 e. The van der Waals surface area contributed by atoms with Crippen LogP contribution in [0.5, 0.6) is 0 Å². The van der Waals surface area contributed by atoms with Crippen LogP contribution < -0.4 is 10.2 Å². The van der Waals surface area contributed by atoms with E-state index in [9.17, 15) is 0 Å². The topological polar surface area (TPSA) is 20.2 Å². The Morgan fingerprint density at radius 2 is 1.87 bits per heavy atom. The Labute approximate surface area is 279 Å². The zero-order valence-electron chi connectivity index (χ0n) is 27.7. The van der Waals surface area contributed by atoms with Crippen molar-refractivity contribution in [3.8, 4) is 0 Å². The molecule has 0 bridgehead atoms. The largest absolute Gasteiger partial charge is 0.374 e. The first-order valence-electron chi connectivity index (χ1n) is 17.2. The molecule has 0 spiro atoms. The van der Waals surface area contributed by atoms with E-state index in [2.05, 4.69) is 164 Å². The third-order valence-corrected chi connectivity index (χ3v) is 10.4. The highest BCUT2D eigenvalue weighted by atomic mass is 15.2. The van der Waals surface area contributed by atoms with Crippen molar-refractivity contribution >= 4 is 34.1 Å². The summed E-state index contributed by atoms with van der Waals surface area (Å²) in [7, 11) is 0. The Morgan fingerprint density at radius 1 is 1.00 bits per heavy atom. The van der Waals surface area contributed by atoms with E-state index >= 15 is 0 Å². The van der Waals surface area contributed by atoms with E-state index in [1.165, 1.54) is 55.8 Å². The molecule has 0 radical (unpaired) electrons.